The van der Waals surface area contributed by atoms with Crippen LogP contribution in [0.2, 0.25) is 0 Å². The quantitative estimate of drug-likeness (QED) is 0.764. The number of amides is 2. The van der Waals surface area contributed by atoms with E-state index in [4.69, 9.17) is 15.3 Å². The number of ether oxygens (including phenoxy) is 1. The number of nitrogens with one attached hydrogen (secondary N) is 1. The molecule has 0 bridgehead atoms. The van der Waals surface area contributed by atoms with Crippen LogP contribution < -0.4 is 16.0 Å². The summed E-state index contributed by atoms with van der Waals surface area (Å²) in [6.07, 6.45) is 4.28. The molecule has 2 amide bonds. The van der Waals surface area contributed by atoms with Gasteiger partial charge in [0.25, 0.3) is 11.8 Å². The first-order valence-corrected chi connectivity index (χ1v) is 6.63. The van der Waals surface area contributed by atoms with E-state index in [-0.39, 0.29) is 24.0 Å². The highest BCUT2D eigenvalue weighted by Crippen LogP contribution is 2.20. The molecule has 0 atom stereocenters. The van der Waals surface area contributed by atoms with Gasteiger partial charge in [-0.2, -0.15) is 0 Å². The van der Waals surface area contributed by atoms with Gasteiger partial charge in [-0.25, -0.2) is 5.48 Å². The third-order valence-electron chi connectivity index (χ3n) is 3.15. The molecule has 0 radical (unpaired) electrons. The summed E-state index contributed by atoms with van der Waals surface area (Å²) in [5.41, 5.74) is 7.83. The maximum atomic E-state index is 11.6. The lowest BCUT2D eigenvalue weighted by Gasteiger charge is -2.12. The second-order valence-electron chi connectivity index (χ2n) is 4.70. The summed E-state index contributed by atoms with van der Waals surface area (Å²) in [7, 11) is 0. The molecular formula is C14H18N2O4. The fourth-order valence-electron chi connectivity index (χ4n) is 2.12. The van der Waals surface area contributed by atoms with Crippen LogP contribution >= 0.6 is 0 Å². The lowest BCUT2D eigenvalue weighted by Crippen LogP contribution is -2.32. The Hall–Kier alpha value is -2.08. The fraction of sp³-hybridized carbons (Fsp3) is 0.429. The molecular weight excluding hydrogens is 260 g/mol. The van der Waals surface area contributed by atoms with Crippen LogP contribution in [-0.4, -0.2) is 24.5 Å². The summed E-state index contributed by atoms with van der Waals surface area (Å²) < 4.78 is 5.28. The van der Waals surface area contributed by atoms with Gasteiger partial charge in [-0.15, -0.1) is 0 Å². The molecule has 1 aromatic carbocycles. The standard InChI is InChI=1S/C14H18N2O4/c15-14(18)11-7-3-4-8-12(11)19-9-13(17)16-20-10-5-1-2-6-10/h3-4,7-8,10H,1-2,5-6,9H2,(H2,15,18)(H,16,17). The van der Waals surface area contributed by atoms with Gasteiger partial charge in [0.05, 0.1) is 11.7 Å². The minimum atomic E-state index is -0.594. The number of rotatable bonds is 6. The zero-order valence-corrected chi connectivity index (χ0v) is 11.1. The topological polar surface area (TPSA) is 90.7 Å². The van der Waals surface area contributed by atoms with E-state index in [2.05, 4.69) is 5.48 Å². The maximum Gasteiger partial charge on any atom is 0.281 e. The van der Waals surface area contributed by atoms with Gasteiger partial charge < -0.3 is 10.5 Å². The summed E-state index contributed by atoms with van der Waals surface area (Å²) in [5.74, 6) is -0.699. The lowest BCUT2D eigenvalue weighted by molar-refractivity contribution is -0.140. The minimum absolute atomic E-state index is 0.0943. The Kier molecular flexibility index (Phi) is 4.95. The van der Waals surface area contributed by atoms with Gasteiger partial charge >= 0.3 is 0 Å². The molecule has 0 unspecified atom stereocenters. The Bertz CT molecular complexity index is 484. The molecule has 0 aliphatic heterocycles. The Labute approximate surface area is 117 Å². The summed E-state index contributed by atoms with van der Waals surface area (Å²) in [6.45, 7) is -0.225. The van der Waals surface area contributed by atoms with E-state index in [9.17, 15) is 9.59 Å². The number of hydrogen-bond acceptors (Lipinski definition) is 4. The molecule has 108 valence electrons. The highest BCUT2D eigenvalue weighted by Gasteiger charge is 2.17. The molecule has 6 heteroatoms. The highest BCUT2D eigenvalue weighted by atomic mass is 16.7. The Morgan fingerprint density at radius 3 is 2.65 bits per heavy atom. The van der Waals surface area contributed by atoms with Crippen LogP contribution in [0, 0.1) is 0 Å². The first kappa shape index (κ1) is 14.3. The summed E-state index contributed by atoms with van der Waals surface area (Å²) in [6, 6.07) is 6.51. The van der Waals surface area contributed by atoms with Crippen LogP contribution in [0.4, 0.5) is 0 Å². The largest absolute Gasteiger partial charge is 0.483 e. The molecule has 0 spiro atoms. The van der Waals surface area contributed by atoms with Crippen LogP contribution in [0.25, 0.3) is 0 Å². The first-order chi connectivity index (χ1) is 9.66. The number of primary amides is 1. The number of benzene rings is 1. The molecule has 6 nitrogen and oxygen atoms in total. The van der Waals surface area contributed by atoms with Crippen LogP contribution in [0.1, 0.15) is 36.0 Å². The van der Waals surface area contributed by atoms with E-state index in [0.717, 1.165) is 25.7 Å². The molecule has 2 rings (SSSR count). The Morgan fingerprint density at radius 2 is 1.95 bits per heavy atom. The molecule has 20 heavy (non-hydrogen) atoms. The van der Waals surface area contributed by atoms with Crippen LogP contribution in [0.15, 0.2) is 24.3 Å². The molecule has 0 heterocycles. The molecule has 1 aliphatic rings. The van der Waals surface area contributed by atoms with Gasteiger partial charge in [-0.05, 0) is 25.0 Å². The highest BCUT2D eigenvalue weighted by molar-refractivity contribution is 5.95. The van der Waals surface area contributed by atoms with Gasteiger partial charge in [0.15, 0.2) is 6.61 Å². The zero-order valence-electron chi connectivity index (χ0n) is 11.1. The van der Waals surface area contributed by atoms with Crippen molar-refractivity contribution in [3.63, 3.8) is 0 Å². The zero-order chi connectivity index (χ0) is 14.4. The molecule has 1 aromatic rings. The van der Waals surface area contributed by atoms with Gasteiger partial charge in [-0.1, -0.05) is 25.0 Å². The molecule has 1 fully saturated rings. The third-order valence-corrected chi connectivity index (χ3v) is 3.15. The summed E-state index contributed by atoms with van der Waals surface area (Å²) in [4.78, 5) is 28.0. The number of hydrogen-bond donors (Lipinski definition) is 2. The van der Waals surface area contributed by atoms with Crippen molar-refractivity contribution in [3.8, 4) is 5.75 Å². The summed E-state index contributed by atoms with van der Waals surface area (Å²) >= 11 is 0. The smallest absolute Gasteiger partial charge is 0.281 e. The fourth-order valence-corrected chi connectivity index (χ4v) is 2.12. The van der Waals surface area contributed by atoms with E-state index in [1.54, 1.807) is 24.3 Å². The first-order valence-electron chi connectivity index (χ1n) is 6.63. The number of carbonyl (C=O) groups is 2. The molecule has 0 aromatic heterocycles. The Balaban J connectivity index is 1.79. The summed E-state index contributed by atoms with van der Waals surface area (Å²) in [5, 5.41) is 0. The van der Waals surface area contributed by atoms with E-state index < -0.39 is 11.8 Å². The van der Waals surface area contributed by atoms with Gasteiger partial charge in [0.1, 0.15) is 5.75 Å². The predicted octanol–water partition coefficient (Wildman–Crippen LogP) is 1.15. The van der Waals surface area contributed by atoms with E-state index in [0.29, 0.717) is 0 Å². The maximum absolute atomic E-state index is 11.6. The van der Waals surface area contributed by atoms with Crippen LogP contribution in [0.3, 0.4) is 0 Å². The molecule has 0 saturated heterocycles. The van der Waals surface area contributed by atoms with Crippen LogP contribution in [0.5, 0.6) is 5.75 Å². The van der Waals surface area contributed by atoms with E-state index >= 15 is 0 Å². The Morgan fingerprint density at radius 1 is 1.25 bits per heavy atom. The van der Waals surface area contributed by atoms with Gasteiger partial charge in [0.2, 0.25) is 0 Å². The van der Waals surface area contributed by atoms with E-state index in [1.165, 1.54) is 0 Å². The van der Waals surface area contributed by atoms with Crippen molar-refractivity contribution >= 4 is 11.8 Å². The third kappa shape index (κ3) is 3.96. The second-order valence-corrected chi connectivity index (χ2v) is 4.70. The van der Waals surface area contributed by atoms with Crippen molar-refractivity contribution in [1.82, 2.24) is 5.48 Å². The SMILES string of the molecule is NC(=O)c1ccccc1OCC(=O)NOC1CCCC1. The van der Waals surface area contributed by atoms with Gasteiger partial charge in [-0.3, -0.25) is 14.4 Å². The van der Waals surface area contributed by atoms with Crippen molar-refractivity contribution in [2.45, 2.75) is 31.8 Å². The number of carbonyl (C=O) groups excluding carboxylic acids is 2. The van der Waals surface area contributed by atoms with Crippen molar-refractivity contribution in [1.29, 1.82) is 0 Å². The molecule has 1 saturated carbocycles. The molecule has 3 N–H and O–H groups in total. The van der Waals surface area contributed by atoms with Crippen molar-refractivity contribution < 1.29 is 19.2 Å². The molecule has 1 aliphatic carbocycles. The number of hydroxylamine groups is 1. The van der Waals surface area contributed by atoms with E-state index in [1.807, 2.05) is 0 Å². The van der Waals surface area contributed by atoms with Crippen LogP contribution in [-0.2, 0) is 9.63 Å². The number of nitrogens with two attached hydrogens (primary N) is 1. The average molecular weight is 278 g/mol. The van der Waals surface area contributed by atoms with Crippen molar-refractivity contribution in [3.05, 3.63) is 29.8 Å². The lowest BCUT2D eigenvalue weighted by atomic mass is 10.2. The van der Waals surface area contributed by atoms with Crippen molar-refractivity contribution in [2.75, 3.05) is 6.61 Å². The normalized spacial score (nSPS) is 15.0. The van der Waals surface area contributed by atoms with Gasteiger partial charge in [0, 0.05) is 0 Å². The second kappa shape index (κ2) is 6.91. The average Bonchev–Trinajstić information content (AvgIpc) is 2.96. The van der Waals surface area contributed by atoms with Crippen molar-refractivity contribution in [2.24, 2.45) is 5.73 Å². The number of para-hydroxylation sites is 1. The predicted molar refractivity (Wildman–Crippen MR) is 71.9 cm³/mol. The monoisotopic (exact) mass is 278 g/mol. The minimum Gasteiger partial charge on any atom is -0.483 e.